The van der Waals surface area contributed by atoms with Crippen molar-refractivity contribution in [1.82, 2.24) is 9.97 Å². The van der Waals surface area contributed by atoms with Crippen LogP contribution in [0.25, 0.3) is 0 Å². The first kappa shape index (κ1) is 18.6. The molecule has 0 aliphatic carbocycles. The highest BCUT2D eigenvalue weighted by atomic mass is 32.2. The van der Waals surface area contributed by atoms with Crippen LogP contribution < -0.4 is 10.2 Å². The maximum atomic E-state index is 11.8. The summed E-state index contributed by atoms with van der Waals surface area (Å²) in [5, 5.41) is 3.40. The number of aryl methyl sites for hydroxylation is 3. The number of anilines is 3. The highest BCUT2D eigenvalue weighted by Crippen LogP contribution is 2.27. The lowest BCUT2D eigenvalue weighted by Gasteiger charge is -2.27. The van der Waals surface area contributed by atoms with Gasteiger partial charge in [0.15, 0.2) is 9.84 Å². The maximum absolute atomic E-state index is 11.8. The number of hydrogen-bond donors (Lipinski definition) is 1. The van der Waals surface area contributed by atoms with Crippen LogP contribution in [0, 0.1) is 20.8 Å². The van der Waals surface area contributed by atoms with Crippen molar-refractivity contribution >= 4 is 27.3 Å². The van der Waals surface area contributed by atoms with E-state index in [0.717, 1.165) is 16.8 Å². The van der Waals surface area contributed by atoms with Crippen molar-refractivity contribution in [3.05, 3.63) is 41.1 Å². The Morgan fingerprint density at radius 3 is 2.50 bits per heavy atom. The molecule has 0 radical (unpaired) electrons. The fourth-order valence-corrected chi connectivity index (χ4v) is 5.38. The summed E-state index contributed by atoms with van der Waals surface area (Å²) < 4.78 is 23.6. The molecule has 0 saturated carbocycles. The van der Waals surface area contributed by atoms with Crippen LogP contribution in [0.5, 0.6) is 0 Å². The Kier molecular flexibility index (Phi) is 5.18. The summed E-state index contributed by atoms with van der Waals surface area (Å²) in [4.78, 5) is 11.0. The van der Waals surface area contributed by atoms with Gasteiger partial charge in [-0.3, -0.25) is 0 Å². The van der Waals surface area contributed by atoms with Crippen molar-refractivity contribution in [3.8, 4) is 0 Å². The molecule has 0 amide bonds. The molecule has 1 aliphatic rings. The Balaban J connectivity index is 1.86. The molecule has 2 aromatic rings. The summed E-state index contributed by atoms with van der Waals surface area (Å²) in [5.41, 5.74) is 4.61. The topological polar surface area (TPSA) is 75.2 Å². The minimum Gasteiger partial charge on any atom is -0.340 e. The number of benzene rings is 1. The van der Waals surface area contributed by atoms with Crippen LogP contribution in [0.15, 0.2) is 24.4 Å². The van der Waals surface area contributed by atoms with Crippen molar-refractivity contribution in [2.45, 2.75) is 40.2 Å². The quantitative estimate of drug-likeness (QED) is 0.866. The van der Waals surface area contributed by atoms with Crippen LogP contribution in [0.2, 0.25) is 0 Å². The number of nitrogens with zero attached hydrogens (tertiary/aromatic N) is 3. The maximum Gasteiger partial charge on any atom is 0.227 e. The van der Waals surface area contributed by atoms with Crippen LogP contribution in [-0.4, -0.2) is 42.5 Å². The van der Waals surface area contributed by atoms with Gasteiger partial charge in [-0.1, -0.05) is 17.7 Å². The molecule has 1 aliphatic heterocycles. The number of aromatic nitrogens is 2. The molecular formula is C19H26N4O2S. The molecule has 140 valence electrons. The predicted molar refractivity (Wildman–Crippen MR) is 106 cm³/mol. The third-order valence-corrected chi connectivity index (χ3v) is 6.57. The van der Waals surface area contributed by atoms with Gasteiger partial charge in [-0.15, -0.1) is 0 Å². The van der Waals surface area contributed by atoms with E-state index in [4.69, 9.17) is 0 Å². The highest BCUT2D eigenvalue weighted by molar-refractivity contribution is 7.91. The molecule has 0 bridgehead atoms. The van der Waals surface area contributed by atoms with Crippen molar-refractivity contribution in [3.63, 3.8) is 0 Å². The van der Waals surface area contributed by atoms with E-state index in [9.17, 15) is 8.42 Å². The van der Waals surface area contributed by atoms with E-state index in [2.05, 4.69) is 48.2 Å². The van der Waals surface area contributed by atoms with Crippen LogP contribution in [0.1, 0.15) is 30.0 Å². The fraction of sp³-hybridized carbons (Fsp3) is 0.474. The highest BCUT2D eigenvalue weighted by Gasteiger charge is 2.32. The summed E-state index contributed by atoms with van der Waals surface area (Å²) in [6.45, 7) is 8.91. The molecule has 3 rings (SSSR count). The fourth-order valence-electron chi connectivity index (χ4n) is 3.65. The Labute approximate surface area is 155 Å². The Hall–Kier alpha value is -2.15. The van der Waals surface area contributed by atoms with Gasteiger partial charge >= 0.3 is 0 Å². The molecule has 1 saturated heterocycles. The first-order valence-corrected chi connectivity index (χ1v) is 10.8. The number of hydrogen-bond acceptors (Lipinski definition) is 6. The molecule has 1 N–H and O–H groups in total. The molecule has 1 aromatic heterocycles. The minimum absolute atomic E-state index is 0.0527. The minimum atomic E-state index is -2.95. The molecule has 0 spiro atoms. The van der Waals surface area contributed by atoms with Gasteiger partial charge in [-0.25, -0.2) is 13.4 Å². The molecular weight excluding hydrogens is 348 g/mol. The van der Waals surface area contributed by atoms with Crippen molar-refractivity contribution in [2.24, 2.45) is 0 Å². The summed E-state index contributed by atoms with van der Waals surface area (Å²) in [5.74, 6) is 1.71. The molecule has 7 heteroatoms. The second-order valence-electron chi connectivity index (χ2n) is 6.98. The van der Waals surface area contributed by atoms with E-state index < -0.39 is 9.84 Å². The van der Waals surface area contributed by atoms with Crippen LogP contribution in [0.4, 0.5) is 17.5 Å². The molecule has 6 nitrogen and oxygen atoms in total. The van der Waals surface area contributed by atoms with E-state index in [1.807, 2.05) is 17.9 Å². The molecule has 1 fully saturated rings. The normalized spacial score (nSPS) is 18.7. The predicted octanol–water partition coefficient (Wildman–Crippen LogP) is 3.16. The standard InChI is InChI=1S/C19H26N4O2S/c1-5-23(16-7-9-26(24,25)12-16)19-20-8-6-17(22-19)21-18-14(3)10-13(2)11-15(18)4/h6,8,10-11,16H,5,7,9,12H2,1-4H3,(H,20,21,22). The number of nitrogens with one attached hydrogen (secondary N) is 1. The zero-order chi connectivity index (χ0) is 18.9. The average Bonchev–Trinajstić information content (AvgIpc) is 2.92. The van der Waals surface area contributed by atoms with Gasteiger partial charge in [0.05, 0.1) is 11.5 Å². The largest absolute Gasteiger partial charge is 0.340 e. The van der Waals surface area contributed by atoms with Gasteiger partial charge in [0, 0.05) is 24.5 Å². The monoisotopic (exact) mass is 374 g/mol. The molecule has 1 unspecified atom stereocenters. The molecule has 1 atom stereocenters. The average molecular weight is 375 g/mol. The second kappa shape index (κ2) is 7.23. The zero-order valence-corrected chi connectivity index (χ0v) is 16.6. The van der Waals surface area contributed by atoms with Gasteiger partial charge in [0.25, 0.3) is 0 Å². The van der Waals surface area contributed by atoms with Gasteiger partial charge < -0.3 is 10.2 Å². The van der Waals surface area contributed by atoms with Gasteiger partial charge in [-0.05, 0) is 51.3 Å². The van der Waals surface area contributed by atoms with E-state index in [0.29, 0.717) is 24.7 Å². The summed E-state index contributed by atoms with van der Waals surface area (Å²) in [6.07, 6.45) is 2.35. The van der Waals surface area contributed by atoms with Crippen molar-refractivity contribution < 1.29 is 8.42 Å². The van der Waals surface area contributed by atoms with E-state index >= 15 is 0 Å². The molecule has 26 heavy (non-hydrogen) atoms. The first-order valence-electron chi connectivity index (χ1n) is 8.94. The summed E-state index contributed by atoms with van der Waals surface area (Å²) in [6, 6.07) is 6.06. The lowest BCUT2D eigenvalue weighted by molar-refractivity contribution is 0.599. The Bertz CT molecular complexity index is 889. The lowest BCUT2D eigenvalue weighted by Crippen LogP contribution is -2.37. The lowest BCUT2D eigenvalue weighted by atomic mass is 10.1. The Morgan fingerprint density at radius 2 is 1.92 bits per heavy atom. The Morgan fingerprint density at radius 1 is 1.23 bits per heavy atom. The van der Waals surface area contributed by atoms with E-state index in [1.165, 1.54) is 5.56 Å². The van der Waals surface area contributed by atoms with E-state index in [-0.39, 0.29) is 17.5 Å². The molecule has 1 aromatic carbocycles. The third kappa shape index (κ3) is 3.98. The SMILES string of the molecule is CCN(c1nccc(Nc2c(C)cc(C)cc2C)n1)C1CCS(=O)(=O)C1. The van der Waals surface area contributed by atoms with Crippen LogP contribution in [0.3, 0.4) is 0 Å². The number of sulfone groups is 1. The van der Waals surface area contributed by atoms with Crippen LogP contribution in [-0.2, 0) is 9.84 Å². The summed E-state index contributed by atoms with van der Waals surface area (Å²) >= 11 is 0. The van der Waals surface area contributed by atoms with Crippen molar-refractivity contribution in [1.29, 1.82) is 0 Å². The van der Waals surface area contributed by atoms with Gasteiger partial charge in [-0.2, -0.15) is 4.98 Å². The molecule has 2 heterocycles. The van der Waals surface area contributed by atoms with Gasteiger partial charge in [0.1, 0.15) is 5.82 Å². The summed E-state index contributed by atoms with van der Waals surface area (Å²) in [7, 11) is -2.95. The first-order chi connectivity index (χ1) is 12.3. The van der Waals surface area contributed by atoms with E-state index in [1.54, 1.807) is 6.20 Å². The number of rotatable bonds is 5. The van der Waals surface area contributed by atoms with Crippen molar-refractivity contribution in [2.75, 3.05) is 28.3 Å². The third-order valence-electron chi connectivity index (χ3n) is 4.82. The zero-order valence-electron chi connectivity index (χ0n) is 15.8. The van der Waals surface area contributed by atoms with Gasteiger partial charge in [0.2, 0.25) is 5.95 Å². The smallest absolute Gasteiger partial charge is 0.227 e. The van der Waals surface area contributed by atoms with Crippen LogP contribution >= 0.6 is 0 Å². The second-order valence-corrected chi connectivity index (χ2v) is 9.21.